The van der Waals surface area contributed by atoms with E-state index >= 15 is 0 Å². The van der Waals surface area contributed by atoms with Gasteiger partial charge in [0, 0.05) is 23.5 Å². The van der Waals surface area contributed by atoms with Gasteiger partial charge in [0.25, 0.3) is 0 Å². The van der Waals surface area contributed by atoms with Gasteiger partial charge in [-0.2, -0.15) is 0 Å². The van der Waals surface area contributed by atoms with Crippen LogP contribution in [-0.4, -0.2) is 17.5 Å². The molecule has 0 saturated carbocycles. The Morgan fingerprint density at radius 3 is 2.90 bits per heavy atom. The van der Waals surface area contributed by atoms with Crippen molar-refractivity contribution in [3.8, 4) is 0 Å². The van der Waals surface area contributed by atoms with E-state index in [0.29, 0.717) is 6.04 Å². The molecule has 21 heavy (non-hydrogen) atoms. The number of fused-ring (bicyclic) bond motifs is 1. The first-order chi connectivity index (χ1) is 10.1. The van der Waals surface area contributed by atoms with Crippen molar-refractivity contribution >= 4 is 11.3 Å². The van der Waals surface area contributed by atoms with Crippen LogP contribution in [0, 0.1) is 5.82 Å². The number of thiophene rings is 1. The van der Waals surface area contributed by atoms with Crippen LogP contribution in [0.15, 0.2) is 35.7 Å². The highest BCUT2D eigenvalue weighted by molar-refractivity contribution is 7.10. The van der Waals surface area contributed by atoms with Crippen LogP contribution in [0.5, 0.6) is 0 Å². The fourth-order valence-corrected chi connectivity index (χ4v) is 4.36. The maximum absolute atomic E-state index is 13.6. The first-order valence-corrected chi connectivity index (χ1v) is 8.29. The normalized spacial score (nSPS) is 21.8. The smallest absolute Gasteiger partial charge is 0.123 e. The molecule has 0 amide bonds. The van der Waals surface area contributed by atoms with E-state index in [1.165, 1.54) is 16.5 Å². The average Bonchev–Trinajstić information content (AvgIpc) is 2.91. The van der Waals surface area contributed by atoms with Crippen molar-refractivity contribution in [3.63, 3.8) is 0 Å². The zero-order valence-electron chi connectivity index (χ0n) is 12.4. The van der Waals surface area contributed by atoms with Crippen molar-refractivity contribution in [3.05, 3.63) is 57.5 Å². The molecule has 2 nitrogen and oxygen atoms in total. The quantitative estimate of drug-likeness (QED) is 0.932. The summed E-state index contributed by atoms with van der Waals surface area (Å²) in [7, 11) is 0. The van der Waals surface area contributed by atoms with E-state index < -0.39 is 0 Å². The lowest BCUT2D eigenvalue weighted by Gasteiger charge is -2.41. The van der Waals surface area contributed by atoms with Crippen molar-refractivity contribution in [2.75, 3.05) is 6.54 Å². The van der Waals surface area contributed by atoms with Gasteiger partial charge in [-0.15, -0.1) is 11.3 Å². The van der Waals surface area contributed by atoms with Crippen LogP contribution in [0.1, 0.15) is 41.9 Å². The molecule has 0 aliphatic carbocycles. The minimum absolute atomic E-state index is 0.0451. The Kier molecular flexibility index (Phi) is 4.11. The molecule has 4 heteroatoms. The number of rotatable bonds is 3. The second-order valence-corrected chi connectivity index (χ2v) is 6.82. The topological polar surface area (TPSA) is 29.3 Å². The van der Waals surface area contributed by atoms with Crippen molar-refractivity contribution < 1.29 is 4.39 Å². The Labute approximate surface area is 129 Å². The Balaban J connectivity index is 1.96. The Hall–Kier alpha value is -1.23. The summed E-state index contributed by atoms with van der Waals surface area (Å²) in [5.74, 6) is -0.195. The lowest BCUT2D eigenvalue weighted by atomic mass is 9.92. The van der Waals surface area contributed by atoms with Crippen LogP contribution >= 0.6 is 11.3 Å². The van der Waals surface area contributed by atoms with Gasteiger partial charge in [-0.05, 0) is 55.0 Å². The zero-order valence-corrected chi connectivity index (χ0v) is 13.2. The predicted octanol–water partition coefficient (Wildman–Crippen LogP) is 3.89. The molecule has 0 fully saturated rings. The van der Waals surface area contributed by atoms with Crippen LogP contribution in [-0.2, 0) is 6.42 Å². The third kappa shape index (κ3) is 2.76. The monoisotopic (exact) mass is 304 g/mol. The summed E-state index contributed by atoms with van der Waals surface area (Å²) in [4.78, 5) is 3.88. The fraction of sp³-hybridized carbons (Fsp3) is 0.412. The van der Waals surface area contributed by atoms with E-state index in [1.807, 2.05) is 24.3 Å². The zero-order chi connectivity index (χ0) is 15.0. The Morgan fingerprint density at radius 2 is 2.19 bits per heavy atom. The van der Waals surface area contributed by atoms with Gasteiger partial charge in [-0.1, -0.05) is 12.1 Å². The van der Waals surface area contributed by atoms with Crippen LogP contribution < -0.4 is 5.73 Å². The van der Waals surface area contributed by atoms with Crippen LogP contribution in [0.4, 0.5) is 4.39 Å². The second-order valence-electron chi connectivity index (χ2n) is 5.82. The van der Waals surface area contributed by atoms with Gasteiger partial charge in [0.2, 0.25) is 0 Å². The largest absolute Gasteiger partial charge is 0.326 e. The molecule has 1 aromatic carbocycles. The number of hydrogen-bond donors (Lipinski definition) is 1. The number of hydrogen-bond acceptors (Lipinski definition) is 3. The van der Waals surface area contributed by atoms with Gasteiger partial charge in [0.05, 0.1) is 6.04 Å². The molecule has 0 saturated heterocycles. The molecular weight excluding hydrogens is 283 g/mol. The number of nitrogens with two attached hydrogens (primary N) is 1. The third-order valence-electron chi connectivity index (χ3n) is 4.37. The molecule has 1 aliphatic heterocycles. The summed E-state index contributed by atoms with van der Waals surface area (Å²) in [5.41, 5.74) is 8.61. The van der Waals surface area contributed by atoms with E-state index in [2.05, 4.69) is 23.3 Å². The summed E-state index contributed by atoms with van der Waals surface area (Å²) in [6.07, 6.45) is 1.05. The van der Waals surface area contributed by atoms with Crippen molar-refractivity contribution in [2.45, 2.75) is 38.4 Å². The van der Waals surface area contributed by atoms with Crippen molar-refractivity contribution in [2.24, 2.45) is 5.73 Å². The van der Waals surface area contributed by atoms with E-state index in [-0.39, 0.29) is 17.9 Å². The molecular formula is C17H21FN2S. The van der Waals surface area contributed by atoms with Crippen molar-refractivity contribution in [1.29, 1.82) is 0 Å². The molecule has 3 rings (SSSR count). The summed E-state index contributed by atoms with van der Waals surface area (Å²) < 4.78 is 13.6. The number of halogens is 1. The molecule has 2 aromatic rings. The highest BCUT2D eigenvalue weighted by atomic mass is 32.1. The van der Waals surface area contributed by atoms with E-state index in [9.17, 15) is 4.39 Å². The maximum atomic E-state index is 13.6. The summed E-state index contributed by atoms with van der Waals surface area (Å²) in [6, 6.07) is 9.37. The van der Waals surface area contributed by atoms with Gasteiger partial charge >= 0.3 is 0 Å². The first-order valence-electron chi connectivity index (χ1n) is 7.41. The average molecular weight is 304 g/mol. The molecule has 2 heterocycles. The number of nitrogens with zero attached hydrogens (tertiary/aromatic N) is 1. The standard InChI is InChI=1S/C17H21FN2S/c1-11(19)17(13-4-3-5-14(18)10-13)20-8-6-16-15(12(20)2)7-9-21-16/h3-5,7,9-12,17H,6,8,19H2,1-2H3. The Bertz CT molecular complexity index is 623. The van der Waals surface area contributed by atoms with Crippen LogP contribution in [0.3, 0.4) is 0 Å². The SMILES string of the molecule is CC(N)C(c1cccc(F)c1)N1CCc2sccc2C1C. The molecule has 1 aliphatic rings. The molecule has 112 valence electrons. The summed E-state index contributed by atoms with van der Waals surface area (Å²) >= 11 is 1.83. The lowest BCUT2D eigenvalue weighted by Crippen LogP contribution is -2.43. The first kappa shape index (κ1) is 14.7. The van der Waals surface area contributed by atoms with Gasteiger partial charge in [0.15, 0.2) is 0 Å². The summed E-state index contributed by atoms with van der Waals surface area (Å²) in [5, 5.41) is 2.16. The van der Waals surface area contributed by atoms with Crippen molar-refractivity contribution in [1.82, 2.24) is 4.90 Å². The highest BCUT2D eigenvalue weighted by Gasteiger charge is 2.32. The molecule has 1 aromatic heterocycles. The number of benzene rings is 1. The second kappa shape index (κ2) is 5.87. The minimum Gasteiger partial charge on any atom is -0.326 e. The molecule has 2 N–H and O–H groups in total. The molecule has 3 unspecified atom stereocenters. The van der Waals surface area contributed by atoms with E-state index in [4.69, 9.17) is 5.73 Å². The fourth-order valence-electron chi connectivity index (χ4n) is 3.40. The van der Waals surface area contributed by atoms with E-state index in [1.54, 1.807) is 12.1 Å². The van der Waals surface area contributed by atoms with Crippen LogP contribution in [0.25, 0.3) is 0 Å². The molecule has 3 atom stereocenters. The lowest BCUT2D eigenvalue weighted by molar-refractivity contribution is 0.119. The molecule has 0 spiro atoms. The summed E-state index contributed by atoms with van der Waals surface area (Å²) in [6.45, 7) is 5.20. The van der Waals surface area contributed by atoms with Gasteiger partial charge in [-0.3, -0.25) is 4.90 Å². The van der Waals surface area contributed by atoms with Gasteiger partial charge < -0.3 is 5.73 Å². The predicted molar refractivity (Wildman–Crippen MR) is 85.9 cm³/mol. The highest BCUT2D eigenvalue weighted by Crippen LogP contribution is 2.39. The minimum atomic E-state index is -0.195. The van der Waals surface area contributed by atoms with E-state index in [0.717, 1.165) is 18.5 Å². The third-order valence-corrected chi connectivity index (χ3v) is 5.37. The van der Waals surface area contributed by atoms with Gasteiger partial charge in [0.1, 0.15) is 5.82 Å². The Morgan fingerprint density at radius 1 is 1.38 bits per heavy atom. The molecule has 0 bridgehead atoms. The molecule has 0 radical (unpaired) electrons. The van der Waals surface area contributed by atoms with Gasteiger partial charge in [-0.25, -0.2) is 4.39 Å². The van der Waals surface area contributed by atoms with Crippen LogP contribution in [0.2, 0.25) is 0 Å². The maximum Gasteiger partial charge on any atom is 0.123 e.